The molecule has 1 fully saturated rings. The molecule has 0 atom stereocenters. The van der Waals surface area contributed by atoms with Crippen LogP contribution in [-0.4, -0.2) is 26.9 Å². The summed E-state index contributed by atoms with van der Waals surface area (Å²) in [5.74, 6) is -0.954. The van der Waals surface area contributed by atoms with Crippen LogP contribution >= 0.6 is 0 Å². The average Bonchev–Trinajstić information content (AvgIpc) is 2.94. The van der Waals surface area contributed by atoms with Gasteiger partial charge in [-0.3, -0.25) is 0 Å². The van der Waals surface area contributed by atoms with Crippen molar-refractivity contribution >= 4 is 9.84 Å². The molecule has 0 bridgehead atoms. The lowest BCUT2D eigenvalue weighted by Crippen LogP contribution is -2.12. The van der Waals surface area contributed by atoms with Crippen LogP contribution in [0.2, 0.25) is 0 Å². The first-order chi connectivity index (χ1) is 7.79. The summed E-state index contributed by atoms with van der Waals surface area (Å²) in [6.07, 6.45) is 1.80. The predicted octanol–water partition coefficient (Wildman–Crippen LogP) is 1.22. The van der Waals surface area contributed by atoms with E-state index < -0.39 is 26.2 Å². The molecule has 2 rings (SSSR count). The number of hydrogen-bond acceptors (Lipinski definition) is 4. The highest BCUT2D eigenvalue weighted by Gasteiger charge is 2.45. The van der Waals surface area contributed by atoms with Crippen molar-refractivity contribution in [3.8, 4) is 5.75 Å². The molecule has 1 aromatic rings. The fraction of sp³-hybridized carbons (Fsp3) is 0.455. The first-order valence-corrected chi connectivity index (χ1v) is 6.98. The van der Waals surface area contributed by atoms with Crippen molar-refractivity contribution in [2.75, 3.05) is 13.4 Å². The molecular formula is C11H13FO4S. The van der Waals surface area contributed by atoms with Crippen molar-refractivity contribution in [1.82, 2.24) is 0 Å². The van der Waals surface area contributed by atoms with Gasteiger partial charge in [0.1, 0.15) is 10.6 Å². The highest BCUT2D eigenvalue weighted by molar-refractivity contribution is 7.90. The summed E-state index contributed by atoms with van der Waals surface area (Å²) in [6, 6.07) is 2.74. The Balaban J connectivity index is 2.70. The fourth-order valence-electron chi connectivity index (χ4n) is 1.79. The van der Waals surface area contributed by atoms with Crippen molar-refractivity contribution in [2.24, 2.45) is 0 Å². The number of ether oxygens (including phenoxy) is 1. The third-order valence-corrected chi connectivity index (χ3v) is 4.00. The standard InChI is InChI=1S/C11H13FO4S/c1-16-8-4-3-7(11(13)5-6-11)9(12)10(8)17(2,14)15/h3-4,13H,5-6H2,1-2H3. The summed E-state index contributed by atoms with van der Waals surface area (Å²) in [7, 11) is -2.47. The second kappa shape index (κ2) is 3.68. The maximum Gasteiger partial charge on any atom is 0.182 e. The van der Waals surface area contributed by atoms with Gasteiger partial charge in [-0.25, -0.2) is 12.8 Å². The molecular weight excluding hydrogens is 247 g/mol. The molecule has 0 spiro atoms. The van der Waals surface area contributed by atoms with E-state index in [4.69, 9.17) is 4.74 Å². The zero-order chi connectivity index (χ0) is 12.8. The Labute approximate surface area is 98.9 Å². The molecule has 0 amide bonds. The van der Waals surface area contributed by atoms with Crippen molar-refractivity contribution in [1.29, 1.82) is 0 Å². The molecule has 0 aliphatic heterocycles. The monoisotopic (exact) mass is 260 g/mol. The maximum atomic E-state index is 14.1. The Bertz CT molecular complexity index is 561. The topological polar surface area (TPSA) is 63.6 Å². The van der Waals surface area contributed by atoms with Crippen LogP contribution in [-0.2, 0) is 15.4 Å². The number of aliphatic hydroxyl groups is 1. The van der Waals surface area contributed by atoms with Gasteiger partial charge in [0, 0.05) is 11.8 Å². The fourth-order valence-corrected chi connectivity index (χ4v) is 2.74. The third kappa shape index (κ3) is 2.02. The summed E-state index contributed by atoms with van der Waals surface area (Å²) in [4.78, 5) is -0.488. The molecule has 0 heterocycles. The summed E-state index contributed by atoms with van der Waals surface area (Å²) in [5, 5.41) is 9.86. The molecule has 1 saturated carbocycles. The Hall–Kier alpha value is -1.14. The van der Waals surface area contributed by atoms with Gasteiger partial charge in [-0.1, -0.05) is 0 Å². The van der Waals surface area contributed by atoms with Gasteiger partial charge in [0.05, 0.1) is 12.7 Å². The van der Waals surface area contributed by atoms with E-state index >= 15 is 0 Å². The number of rotatable bonds is 3. The Morgan fingerprint density at radius 2 is 2.00 bits per heavy atom. The van der Waals surface area contributed by atoms with Crippen LogP contribution in [0.5, 0.6) is 5.75 Å². The smallest absolute Gasteiger partial charge is 0.182 e. The van der Waals surface area contributed by atoms with E-state index in [0.717, 1.165) is 6.26 Å². The molecule has 0 saturated heterocycles. The van der Waals surface area contributed by atoms with Crippen molar-refractivity contribution < 1.29 is 22.7 Å². The summed E-state index contributed by atoms with van der Waals surface area (Å²) >= 11 is 0. The summed E-state index contributed by atoms with van der Waals surface area (Å²) in [6.45, 7) is 0. The summed E-state index contributed by atoms with van der Waals surface area (Å²) < 4.78 is 42.0. The predicted molar refractivity (Wildman–Crippen MR) is 59.2 cm³/mol. The van der Waals surface area contributed by atoms with Crippen LogP contribution in [0, 0.1) is 5.82 Å². The quantitative estimate of drug-likeness (QED) is 0.887. The largest absolute Gasteiger partial charge is 0.495 e. The maximum absolute atomic E-state index is 14.1. The van der Waals surface area contributed by atoms with Gasteiger partial charge < -0.3 is 9.84 Å². The van der Waals surface area contributed by atoms with E-state index in [0.29, 0.717) is 12.8 Å². The van der Waals surface area contributed by atoms with Crippen LogP contribution in [0.4, 0.5) is 4.39 Å². The van der Waals surface area contributed by atoms with Gasteiger partial charge in [-0.15, -0.1) is 0 Å². The van der Waals surface area contributed by atoms with Crippen molar-refractivity contribution in [2.45, 2.75) is 23.3 Å². The zero-order valence-electron chi connectivity index (χ0n) is 9.53. The van der Waals surface area contributed by atoms with E-state index in [1.165, 1.54) is 19.2 Å². The molecule has 1 N–H and O–H groups in total. The normalized spacial score (nSPS) is 17.9. The lowest BCUT2D eigenvalue weighted by atomic mass is 10.1. The second-order valence-electron chi connectivity index (χ2n) is 4.26. The molecule has 17 heavy (non-hydrogen) atoms. The van der Waals surface area contributed by atoms with Gasteiger partial charge in [0.15, 0.2) is 15.7 Å². The van der Waals surface area contributed by atoms with E-state index in [-0.39, 0.29) is 11.3 Å². The number of sulfone groups is 1. The number of halogens is 1. The van der Waals surface area contributed by atoms with Gasteiger partial charge in [0.2, 0.25) is 0 Å². The van der Waals surface area contributed by atoms with Crippen molar-refractivity contribution in [3.63, 3.8) is 0 Å². The lowest BCUT2D eigenvalue weighted by molar-refractivity contribution is 0.146. The van der Waals surface area contributed by atoms with Gasteiger partial charge in [-0.2, -0.15) is 0 Å². The number of methoxy groups -OCH3 is 1. The van der Waals surface area contributed by atoms with Crippen LogP contribution in [0.3, 0.4) is 0 Å². The number of benzene rings is 1. The number of hydrogen-bond donors (Lipinski definition) is 1. The van der Waals surface area contributed by atoms with Crippen LogP contribution in [0.25, 0.3) is 0 Å². The highest BCUT2D eigenvalue weighted by Crippen LogP contribution is 2.48. The van der Waals surface area contributed by atoms with E-state index in [2.05, 4.69) is 0 Å². The minimum Gasteiger partial charge on any atom is -0.495 e. The third-order valence-electron chi connectivity index (χ3n) is 2.88. The van der Waals surface area contributed by atoms with Crippen LogP contribution in [0.1, 0.15) is 18.4 Å². The SMILES string of the molecule is COc1ccc(C2(O)CC2)c(F)c1S(C)(=O)=O. The second-order valence-corrected chi connectivity index (χ2v) is 6.21. The highest BCUT2D eigenvalue weighted by atomic mass is 32.2. The molecule has 94 valence electrons. The zero-order valence-corrected chi connectivity index (χ0v) is 10.3. The van der Waals surface area contributed by atoms with Gasteiger partial charge >= 0.3 is 0 Å². The molecule has 0 unspecified atom stereocenters. The molecule has 6 heteroatoms. The first kappa shape index (κ1) is 12.3. The minimum atomic E-state index is -3.74. The van der Waals surface area contributed by atoms with E-state index in [1.54, 1.807) is 0 Å². The van der Waals surface area contributed by atoms with Crippen molar-refractivity contribution in [3.05, 3.63) is 23.5 Å². The van der Waals surface area contributed by atoms with E-state index in [9.17, 15) is 17.9 Å². The molecule has 0 aromatic heterocycles. The molecule has 1 aromatic carbocycles. The first-order valence-electron chi connectivity index (χ1n) is 5.09. The summed E-state index contributed by atoms with van der Waals surface area (Å²) in [5.41, 5.74) is -1.19. The Morgan fingerprint density at radius 3 is 2.41 bits per heavy atom. The van der Waals surface area contributed by atoms with Crippen LogP contribution in [0.15, 0.2) is 17.0 Å². The molecule has 4 nitrogen and oxygen atoms in total. The van der Waals surface area contributed by atoms with Gasteiger partial charge in [-0.05, 0) is 25.0 Å². The molecule has 1 aliphatic carbocycles. The Kier molecular flexibility index (Phi) is 2.67. The van der Waals surface area contributed by atoms with E-state index in [1.807, 2.05) is 0 Å². The molecule has 0 radical (unpaired) electrons. The van der Waals surface area contributed by atoms with Crippen LogP contribution < -0.4 is 4.74 Å². The Morgan fingerprint density at radius 1 is 1.41 bits per heavy atom. The van der Waals surface area contributed by atoms with Gasteiger partial charge in [0.25, 0.3) is 0 Å². The lowest BCUT2D eigenvalue weighted by Gasteiger charge is -2.14. The average molecular weight is 260 g/mol. The molecule has 1 aliphatic rings. The minimum absolute atomic E-state index is 0.0266.